The van der Waals surface area contributed by atoms with E-state index in [0.717, 1.165) is 5.92 Å². The molecule has 0 saturated carbocycles. The smallest absolute Gasteiger partial charge is 0.0272 e. The van der Waals surface area contributed by atoms with Gasteiger partial charge in [-0.15, -0.1) is 0 Å². The van der Waals surface area contributed by atoms with Crippen LogP contribution in [0.15, 0.2) is 0 Å². The monoisotopic (exact) mass is 324 g/mol. The maximum absolute atomic E-state index is 2.59. The Morgan fingerprint density at radius 3 is 1.35 bits per heavy atom. The zero-order valence-corrected chi connectivity index (χ0v) is 17.4. The second-order valence-corrected chi connectivity index (χ2v) is 8.13. The van der Waals surface area contributed by atoms with Crippen LogP contribution >= 0.6 is 0 Å². The lowest BCUT2D eigenvalue weighted by atomic mass is 9.65. The minimum atomic E-state index is 0.658. The molecule has 0 spiro atoms. The Hall–Kier alpha value is 0. The quantitative estimate of drug-likeness (QED) is 0.234. The molecule has 0 aliphatic carbocycles. The summed E-state index contributed by atoms with van der Waals surface area (Å²) in [4.78, 5) is 0. The Labute approximate surface area is 149 Å². The molecule has 0 heteroatoms. The largest absolute Gasteiger partial charge is 0.0654 e. The molecule has 0 radical (unpaired) electrons. The van der Waals surface area contributed by atoms with Crippen molar-refractivity contribution in [1.29, 1.82) is 0 Å². The fourth-order valence-electron chi connectivity index (χ4n) is 4.24. The molecule has 0 aliphatic heterocycles. The van der Waals surface area contributed by atoms with E-state index in [0.29, 0.717) is 5.41 Å². The maximum Gasteiger partial charge on any atom is -0.0272 e. The highest BCUT2D eigenvalue weighted by Gasteiger charge is 2.33. The van der Waals surface area contributed by atoms with E-state index in [2.05, 4.69) is 34.6 Å². The van der Waals surface area contributed by atoms with Crippen molar-refractivity contribution in [3.05, 3.63) is 0 Å². The molecule has 0 aromatic carbocycles. The summed E-state index contributed by atoms with van der Waals surface area (Å²) in [5.74, 6) is 0.929. The highest BCUT2D eigenvalue weighted by molar-refractivity contribution is 4.84. The average Bonchev–Trinajstić information content (AvgIpc) is 2.57. The molecule has 0 bridgehead atoms. The molecule has 0 fully saturated rings. The molecule has 0 aromatic rings. The zero-order valence-electron chi connectivity index (χ0n) is 17.4. The van der Waals surface area contributed by atoms with Gasteiger partial charge in [0, 0.05) is 0 Å². The highest BCUT2D eigenvalue weighted by Crippen LogP contribution is 2.45. The van der Waals surface area contributed by atoms with Crippen molar-refractivity contribution in [1.82, 2.24) is 0 Å². The van der Waals surface area contributed by atoms with E-state index in [4.69, 9.17) is 0 Å². The SMILES string of the molecule is CCCCCCCCC(C)C(CCCC)(CCCC)CCCC. The molecule has 1 unspecified atom stereocenters. The summed E-state index contributed by atoms with van der Waals surface area (Å²) >= 11 is 0. The molecular weight excluding hydrogens is 276 g/mol. The fourth-order valence-corrected chi connectivity index (χ4v) is 4.24. The van der Waals surface area contributed by atoms with Gasteiger partial charge in [0.15, 0.2) is 0 Å². The summed E-state index contributed by atoms with van der Waals surface area (Å²) in [5, 5.41) is 0. The minimum absolute atomic E-state index is 0.658. The van der Waals surface area contributed by atoms with Crippen LogP contribution in [0.25, 0.3) is 0 Å². The molecule has 1 atom stereocenters. The maximum atomic E-state index is 2.59. The molecule has 0 heterocycles. The topological polar surface area (TPSA) is 0 Å². The first-order valence-electron chi connectivity index (χ1n) is 11.2. The molecule has 0 amide bonds. The molecule has 0 saturated heterocycles. The van der Waals surface area contributed by atoms with Gasteiger partial charge in [-0.1, -0.05) is 118 Å². The molecule has 0 aromatic heterocycles. The van der Waals surface area contributed by atoms with Crippen molar-refractivity contribution >= 4 is 0 Å². The Morgan fingerprint density at radius 2 is 0.913 bits per heavy atom. The number of hydrogen-bond acceptors (Lipinski definition) is 0. The van der Waals surface area contributed by atoms with Gasteiger partial charge in [0.1, 0.15) is 0 Å². The Morgan fingerprint density at radius 1 is 0.522 bits per heavy atom. The average molecular weight is 325 g/mol. The molecule has 140 valence electrons. The van der Waals surface area contributed by atoms with Crippen LogP contribution in [-0.2, 0) is 0 Å². The summed E-state index contributed by atoms with van der Waals surface area (Å²) in [6.45, 7) is 12.0. The normalized spacial score (nSPS) is 13.4. The van der Waals surface area contributed by atoms with Crippen molar-refractivity contribution in [2.75, 3.05) is 0 Å². The van der Waals surface area contributed by atoms with Gasteiger partial charge in [0.05, 0.1) is 0 Å². The van der Waals surface area contributed by atoms with E-state index in [1.54, 1.807) is 0 Å². The lowest BCUT2D eigenvalue weighted by Gasteiger charge is -2.40. The van der Waals surface area contributed by atoms with Crippen LogP contribution in [0, 0.1) is 11.3 Å². The second-order valence-electron chi connectivity index (χ2n) is 8.13. The summed E-state index contributed by atoms with van der Waals surface area (Å²) in [5.41, 5.74) is 0.658. The Kier molecular flexibility index (Phi) is 15.5. The van der Waals surface area contributed by atoms with Crippen molar-refractivity contribution in [2.24, 2.45) is 11.3 Å². The Balaban J connectivity index is 4.50. The third kappa shape index (κ3) is 10.5. The van der Waals surface area contributed by atoms with E-state index >= 15 is 0 Å². The van der Waals surface area contributed by atoms with Crippen LogP contribution in [0.3, 0.4) is 0 Å². The lowest BCUT2D eigenvalue weighted by molar-refractivity contribution is 0.105. The number of hydrogen-bond donors (Lipinski definition) is 0. The molecule has 0 rings (SSSR count). The van der Waals surface area contributed by atoms with Gasteiger partial charge in [-0.05, 0) is 30.6 Å². The van der Waals surface area contributed by atoms with E-state index in [9.17, 15) is 0 Å². The summed E-state index contributed by atoms with van der Waals surface area (Å²) in [7, 11) is 0. The van der Waals surface area contributed by atoms with Crippen molar-refractivity contribution in [3.63, 3.8) is 0 Å². The second kappa shape index (κ2) is 15.5. The molecular formula is C23H48. The number of rotatable bonds is 17. The van der Waals surface area contributed by atoms with Crippen molar-refractivity contribution in [3.8, 4) is 0 Å². The fraction of sp³-hybridized carbons (Fsp3) is 1.00. The predicted molar refractivity (Wildman–Crippen MR) is 108 cm³/mol. The van der Waals surface area contributed by atoms with Gasteiger partial charge >= 0.3 is 0 Å². The molecule has 23 heavy (non-hydrogen) atoms. The first-order chi connectivity index (χ1) is 11.2. The van der Waals surface area contributed by atoms with Crippen LogP contribution in [0.1, 0.15) is 137 Å². The number of unbranched alkanes of at least 4 members (excludes halogenated alkanes) is 8. The zero-order chi connectivity index (χ0) is 17.4. The Bertz CT molecular complexity index is 208. The van der Waals surface area contributed by atoms with Crippen LogP contribution in [0.2, 0.25) is 0 Å². The standard InChI is InChI=1S/C23H48/c1-6-10-14-15-16-17-18-22(5)23(19-11-7-2,20-12-8-3)21-13-9-4/h22H,6-21H2,1-5H3. The third-order valence-corrected chi connectivity index (χ3v) is 6.12. The third-order valence-electron chi connectivity index (χ3n) is 6.12. The predicted octanol–water partition coefficient (Wildman–Crippen LogP) is 8.93. The van der Waals surface area contributed by atoms with Gasteiger partial charge in [-0.2, -0.15) is 0 Å². The van der Waals surface area contributed by atoms with Gasteiger partial charge in [0.25, 0.3) is 0 Å². The highest BCUT2D eigenvalue weighted by atomic mass is 14.4. The molecule has 0 N–H and O–H groups in total. The first-order valence-corrected chi connectivity index (χ1v) is 11.2. The van der Waals surface area contributed by atoms with Crippen molar-refractivity contribution < 1.29 is 0 Å². The van der Waals surface area contributed by atoms with E-state index < -0.39 is 0 Å². The van der Waals surface area contributed by atoms with Crippen LogP contribution in [0.4, 0.5) is 0 Å². The summed E-state index contributed by atoms with van der Waals surface area (Å²) in [6.07, 6.45) is 23.0. The van der Waals surface area contributed by atoms with Crippen LogP contribution in [0.5, 0.6) is 0 Å². The van der Waals surface area contributed by atoms with Crippen LogP contribution in [-0.4, -0.2) is 0 Å². The summed E-state index contributed by atoms with van der Waals surface area (Å²) < 4.78 is 0. The minimum Gasteiger partial charge on any atom is -0.0654 e. The van der Waals surface area contributed by atoms with E-state index in [-0.39, 0.29) is 0 Å². The van der Waals surface area contributed by atoms with E-state index in [1.807, 2.05) is 0 Å². The van der Waals surface area contributed by atoms with Gasteiger partial charge < -0.3 is 0 Å². The van der Waals surface area contributed by atoms with E-state index in [1.165, 1.54) is 103 Å². The molecule has 0 aliphatic rings. The van der Waals surface area contributed by atoms with Crippen molar-refractivity contribution in [2.45, 2.75) is 137 Å². The van der Waals surface area contributed by atoms with Gasteiger partial charge in [0.2, 0.25) is 0 Å². The van der Waals surface area contributed by atoms with Gasteiger partial charge in [-0.3, -0.25) is 0 Å². The molecule has 0 nitrogen and oxygen atoms in total. The van der Waals surface area contributed by atoms with Gasteiger partial charge in [-0.25, -0.2) is 0 Å². The lowest BCUT2D eigenvalue weighted by Crippen LogP contribution is -2.29. The van der Waals surface area contributed by atoms with Crippen LogP contribution < -0.4 is 0 Å². The summed E-state index contributed by atoms with van der Waals surface area (Å²) in [6, 6.07) is 0. The first kappa shape index (κ1) is 23.0.